The van der Waals surface area contributed by atoms with Crippen LogP contribution in [0.15, 0.2) is 29.3 Å². The summed E-state index contributed by atoms with van der Waals surface area (Å²) in [5, 5.41) is 0.478. The summed E-state index contributed by atoms with van der Waals surface area (Å²) in [4.78, 5) is 30.6. The molecule has 1 aromatic carbocycles. The number of hydrogen-bond acceptors (Lipinski definition) is 5. The number of benzene rings is 1. The second kappa shape index (κ2) is 7.63. The summed E-state index contributed by atoms with van der Waals surface area (Å²) in [6, 6.07) is 6.87. The quantitative estimate of drug-likeness (QED) is 0.699. The van der Waals surface area contributed by atoms with Gasteiger partial charge in [-0.2, -0.15) is 4.99 Å². The van der Waals surface area contributed by atoms with Crippen molar-refractivity contribution < 1.29 is 18.0 Å². The number of carbonyl (C=O) groups excluding carboxylic acids is 2. The normalized spacial score (nSPS) is 28.5. The van der Waals surface area contributed by atoms with Gasteiger partial charge in [0.15, 0.2) is 20.8 Å². The van der Waals surface area contributed by atoms with Gasteiger partial charge in [-0.15, -0.1) is 0 Å². The highest BCUT2D eigenvalue weighted by Gasteiger charge is 2.49. The molecule has 0 radical (unpaired) electrons. The van der Waals surface area contributed by atoms with Crippen molar-refractivity contribution in [3.8, 4) is 0 Å². The van der Waals surface area contributed by atoms with Gasteiger partial charge in [0.25, 0.3) is 5.91 Å². The molecule has 1 aromatic rings. The molecule has 8 heteroatoms. The summed E-state index contributed by atoms with van der Waals surface area (Å²) >= 11 is 1.40. The van der Waals surface area contributed by atoms with Crippen molar-refractivity contribution >= 4 is 44.1 Å². The van der Waals surface area contributed by atoms with Crippen molar-refractivity contribution in [3.63, 3.8) is 0 Å². The summed E-state index contributed by atoms with van der Waals surface area (Å²) in [5.41, 5.74) is 1.38. The van der Waals surface area contributed by atoms with Crippen molar-refractivity contribution in [1.82, 2.24) is 0 Å². The van der Waals surface area contributed by atoms with Gasteiger partial charge in [0.05, 0.1) is 17.5 Å². The molecule has 2 heterocycles. The van der Waals surface area contributed by atoms with Crippen molar-refractivity contribution in [3.05, 3.63) is 29.8 Å². The molecule has 1 saturated carbocycles. The highest BCUT2D eigenvalue weighted by molar-refractivity contribution is 8.16. The van der Waals surface area contributed by atoms with Crippen LogP contribution in [0.25, 0.3) is 0 Å². The standard InChI is InChI=1S/C20H24N2O4S2/c1-13(23)14-7-9-16(10-8-14)22-17-11-28(25,26)12-18(17)27-20(22)21-19(24)15-5-3-2-4-6-15/h7-10,15,17-18H,2-6,11-12H2,1H3/t17-,18-/m1/s1. The van der Waals surface area contributed by atoms with Crippen LogP contribution in [-0.2, 0) is 14.6 Å². The number of thioether (sulfide) groups is 1. The smallest absolute Gasteiger partial charge is 0.251 e. The molecule has 150 valence electrons. The minimum absolute atomic E-state index is 0.0204. The molecule has 0 N–H and O–H groups in total. The van der Waals surface area contributed by atoms with Gasteiger partial charge in [-0.3, -0.25) is 9.59 Å². The molecule has 2 saturated heterocycles. The number of fused-ring (bicyclic) bond motifs is 1. The van der Waals surface area contributed by atoms with Crippen LogP contribution in [-0.4, -0.2) is 48.1 Å². The van der Waals surface area contributed by atoms with Gasteiger partial charge < -0.3 is 4.90 Å². The molecule has 0 spiro atoms. The maximum absolute atomic E-state index is 12.7. The van der Waals surface area contributed by atoms with Gasteiger partial charge in [0, 0.05) is 22.4 Å². The number of amides is 1. The van der Waals surface area contributed by atoms with E-state index in [0.717, 1.165) is 31.4 Å². The molecule has 0 unspecified atom stereocenters. The van der Waals surface area contributed by atoms with Crippen molar-refractivity contribution in [1.29, 1.82) is 0 Å². The minimum Gasteiger partial charge on any atom is -0.316 e. The number of nitrogens with zero attached hydrogens (tertiary/aromatic N) is 2. The van der Waals surface area contributed by atoms with E-state index in [1.807, 2.05) is 17.0 Å². The Labute approximate surface area is 169 Å². The van der Waals surface area contributed by atoms with Crippen molar-refractivity contribution in [2.24, 2.45) is 10.9 Å². The van der Waals surface area contributed by atoms with Crippen LogP contribution >= 0.6 is 11.8 Å². The lowest BCUT2D eigenvalue weighted by atomic mass is 9.89. The fourth-order valence-electron chi connectivity index (χ4n) is 4.26. The zero-order valence-electron chi connectivity index (χ0n) is 15.8. The van der Waals surface area contributed by atoms with Crippen molar-refractivity contribution in [2.45, 2.75) is 50.3 Å². The van der Waals surface area contributed by atoms with E-state index in [4.69, 9.17) is 0 Å². The van der Waals surface area contributed by atoms with E-state index in [2.05, 4.69) is 4.99 Å². The highest BCUT2D eigenvalue weighted by Crippen LogP contribution is 2.41. The highest BCUT2D eigenvalue weighted by atomic mass is 32.2. The van der Waals surface area contributed by atoms with Gasteiger partial charge in [-0.1, -0.05) is 31.0 Å². The number of amidine groups is 1. The number of aliphatic imine (C=N–C) groups is 1. The molecular weight excluding hydrogens is 396 g/mol. The molecule has 3 aliphatic rings. The topological polar surface area (TPSA) is 83.9 Å². The lowest BCUT2D eigenvalue weighted by Gasteiger charge is -2.25. The molecule has 2 atom stereocenters. The fourth-order valence-corrected chi connectivity index (χ4v) is 8.18. The van der Waals surface area contributed by atoms with Gasteiger partial charge in [0.2, 0.25) is 0 Å². The lowest BCUT2D eigenvalue weighted by molar-refractivity contribution is -0.122. The molecule has 1 amide bonds. The third kappa shape index (κ3) is 3.89. The Morgan fingerprint density at radius 3 is 2.39 bits per heavy atom. The van der Waals surface area contributed by atoms with E-state index >= 15 is 0 Å². The first-order valence-corrected chi connectivity index (χ1v) is 12.4. The molecule has 4 rings (SSSR count). The maximum Gasteiger partial charge on any atom is 0.251 e. The minimum atomic E-state index is -3.10. The number of hydrogen-bond donors (Lipinski definition) is 0. The fraction of sp³-hybridized carbons (Fsp3) is 0.550. The summed E-state index contributed by atoms with van der Waals surface area (Å²) in [7, 11) is -3.10. The Morgan fingerprint density at radius 2 is 1.75 bits per heavy atom. The van der Waals surface area contributed by atoms with Gasteiger partial charge in [-0.05, 0) is 44.0 Å². The number of ketones is 1. The van der Waals surface area contributed by atoms with Crippen LogP contribution in [0.5, 0.6) is 0 Å². The summed E-state index contributed by atoms with van der Waals surface area (Å²) in [6.07, 6.45) is 5.07. The third-order valence-electron chi connectivity index (χ3n) is 5.78. The van der Waals surface area contributed by atoms with Gasteiger partial charge >= 0.3 is 0 Å². The van der Waals surface area contributed by atoms with Crippen LogP contribution in [0.2, 0.25) is 0 Å². The van der Waals surface area contributed by atoms with E-state index in [-0.39, 0.29) is 40.4 Å². The molecule has 0 bridgehead atoms. The number of carbonyl (C=O) groups is 2. The number of rotatable bonds is 3. The number of anilines is 1. The van der Waals surface area contributed by atoms with E-state index in [1.54, 1.807) is 12.1 Å². The summed E-state index contributed by atoms with van der Waals surface area (Å²) in [6.45, 7) is 1.51. The first-order chi connectivity index (χ1) is 13.3. The monoisotopic (exact) mass is 420 g/mol. The molecule has 0 aromatic heterocycles. The van der Waals surface area contributed by atoms with Crippen LogP contribution in [0.3, 0.4) is 0 Å². The second-order valence-corrected chi connectivity index (χ2v) is 11.2. The SMILES string of the molecule is CC(=O)c1ccc(N2C(=NC(=O)C3CCCCC3)S[C@@H]3CS(=O)(=O)C[C@H]32)cc1. The Kier molecular flexibility index (Phi) is 5.35. The first kappa shape index (κ1) is 19.6. The first-order valence-electron chi connectivity index (χ1n) is 9.74. The van der Waals surface area contributed by atoms with Crippen LogP contribution < -0.4 is 4.90 Å². The number of Topliss-reactive ketones (excluding diaryl/α,β-unsaturated/α-hetero) is 1. The largest absolute Gasteiger partial charge is 0.316 e. The Balaban J connectivity index is 1.65. The third-order valence-corrected chi connectivity index (χ3v) is 8.99. The predicted octanol–water partition coefficient (Wildman–Crippen LogP) is 3.07. The summed E-state index contributed by atoms with van der Waals surface area (Å²) in [5.74, 6) is 0.0462. The Morgan fingerprint density at radius 1 is 1.07 bits per heavy atom. The van der Waals surface area contributed by atoms with E-state index in [0.29, 0.717) is 10.7 Å². The molecule has 28 heavy (non-hydrogen) atoms. The summed E-state index contributed by atoms with van der Waals surface area (Å²) < 4.78 is 24.3. The van der Waals surface area contributed by atoms with Crippen LogP contribution in [0.4, 0.5) is 5.69 Å². The Bertz CT molecular complexity index is 918. The van der Waals surface area contributed by atoms with Crippen LogP contribution in [0, 0.1) is 5.92 Å². The zero-order valence-corrected chi connectivity index (χ0v) is 17.5. The average molecular weight is 421 g/mol. The molecule has 3 fully saturated rings. The van der Waals surface area contributed by atoms with Crippen molar-refractivity contribution in [2.75, 3.05) is 16.4 Å². The number of sulfone groups is 1. The maximum atomic E-state index is 12.7. The lowest BCUT2D eigenvalue weighted by Crippen LogP contribution is -2.38. The second-order valence-electron chi connectivity index (χ2n) is 7.84. The molecule has 2 aliphatic heterocycles. The van der Waals surface area contributed by atoms with E-state index < -0.39 is 9.84 Å². The molecule has 1 aliphatic carbocycles. The molecule has 6 nitrogen and oxygen atoms in total. The van der Waals surface area contributed by atoms with Gasteiger partial charge in [0.1, 0.15) is 0 Å². The van der Waals surface area contributed by atoms with E-state index in [9.17, 15) is 18.0 Å². The van der Waals surface area contributed by atoms with E-state index in [1.165, 1.54) is 25.1 Å². The average Bonchev–Trinajstić information content (AvgIpc) is 3.13. The predicted molar refractivity (Wildman–Crippen MR) is 112 cm³/mol. The zero-order chi connectivity index (χ0) is 19.9. The van der Waals surface area contributed by atoms with Crippen LogP contribution in [0.1, 0.15) is 49.4 Å². The Hall–Kier alpha value is -1.67. The van der Waals surface area contributed by atoms with Gasteiger partial charge in [-0.25, -0.2) is 8.42 Å². The molecular formula is C20H24N2O4S2.